The summed E-state index contributed by atoms with van der Waals surface area (Å²) in [5.41, 5.74) is 0. The van der Waals surface area contributed by atoms with Gasteiger partial charge >= 0.3 is 96.3 Å². The molecule has 1 heterocycles. The summed E-state index contributed by atoms with van der Waals surface area (Å²) < 4.78 is 73.9. The van der Waals surface area contributed by atoms with Gasteiger partial charge in [-0.05, 0) is 0 Å². The van der Waals surface area contributed by atoms with Crippen LogP contribution < -0.4 is 0 Å². The van der Waals surface area contributed by atoms with Crippen molar-refractivity contribution >= 4 is 19.8 Å². The van der Waals surface area contributed by atoms with E-state index in [0.717, 1.165) is 6.08 Å². The SMILES string of the molecule is CC1C=C(C(F)(F)F)I(C)CC1C(F)(F)F. The van der Waals surface area contributed by atoms with E-state index in [0.29, 0.717) is 0 Å². The van der Waals surface area contributed by atoms with Crippen LogP contribution in [0.2, 0.25) is 0 Å². The molecule has 1 rings (SSSR count). The van der Waals surface area contributed by atoms with Gasteiger partial charge in [0.1, 0.15) is 0 Å². The molecule has 0 amide bonds. The average Bonchev–Trinajstić information content (AvgIpc) is 2.04. The minimum atomic E-state index is -4.45. The molecule has 96 valence electrons. The van der Waals surface area contributed by atoms with Crippen LogP contribution in [0.15, 0.2) is 9.66 Å². The summed E-state index contributed by atoms with van der Waals surface area (Å²) in [6, 6.07) is 0. The quantitative estimate of drug-likeness (QED) is 0.341. The van der Waals surface area contributed by atoms with Crippen LogP contribution in [0.4, 0.5) is 26.3 Å². The van der Waals surface area contributed by atoms with Crippen LogP contribution in [-0.4, -0.2) is 21.7 Å². The van der Waals surface area contributed by atoms with Gasteiger partial charge in [0, 0.05) is 0 Å². The molecule has 0 saturated carbocycles. The van der Waals surface area contributed by atoms with Crippen LogP contribution in [0.5, 0.6) is 0 Å². The first-order valence-corrected chi connectivity index (χ1v) is 9.21. The Morgan fingerprint density at radius 1 is 1.19 bits per heavy atom. The third-order valence-electron chi connectivity index (χ3n) is 2.48. The first kappa shape index (κ1) is 14.1. The molecule has 1 aliphatic heterocycles. The Morgan fingerprint density at radius 3 is 2.06 bits per heavy atom. The summed E-state index contributed by atoms with van der Waals surface area (Å²) in [5.74, 6) is -2.68. The van der Waals surface area contributed by atoms with E-state index < -0.39 is 47.6 Å². The van der Waals surface area contributed by atoms with Gasteiger partial charge in [-0.3, -0.25) is 0 Å². The van der Waals surface area contributed by atoms with E-state index >= 15 is 0 Å². The Labute approximate surface area is 96.5 Å². The molecule has 16 heavy (non-hydrogen) atoms. The second-order valence-corrected chi connectivity index (χ2v) is 9.17. The summed E-state index contributed by atoms with van der Waals surface area (Å²) in [5, 5.41) is 0. The first-order valence-electron chi connectivity index (χ1n) is 4.45. The van der Waals surface area contributed by atoms with Crippen molar-refractivity contribution in [1.29, 1.82) is 0 Å². The molecule has 0 aromatic rings. The van der Waals surface area contributed by atoms with E-state index in [4.69, 9.17) is 0 Å². The van der Waals surface area contributed by atoms with Crippen molar-refractivity contribution in [3.63, 3.8) is 0 Å². The van der Waals surface area contributed by atoms with Crippen LogP contribution in [0.1, 0.15) is 6.92 Å². The Kier molecular flexibility index (Phi) is 3.86. The molecule has 0 saturated heterocycles. The third kappa shape index (κ3) is 3.04. The summed E-state index contributed by atoms with van der Waals surface area (Å²) in [7, 11) is 0. The summed E-state index contributed by atoms with van der Waals surface area (Å²) in [6.07, 6.45) is -8.06. The Morgan fingerprint density at radius 2 is 1.69 bits per heavy atom. The van der Waals surface area contributed by atoms with Crippen molar-refractivity contribution in [3.8, 4) is 0 Å². The van der Waals surface area contributed by atoms with Gasteiger partial charge in [0.25, 0.3) is 0 Å². The number of rotatable bonds is 0. The molecular formula is C9H11F6I. The van der Waals surface area contributed by atoms with Gasteiger partial charge in [-0.25, -0.2) is 0 Å². The maximum absolute atomic E-state index is 12.5. The van der Waals surface area contributed by atoms with Crippen LogP contribution in [-0.2, 0) is 0 Å². The number of hydrogen-bond donors (Lipinski definition) is 0. The van der Waals surface area contributed by atoms with Crippen molar-refractivity contribution in [3.05, 3.63) is 9.66 Å². The summed E-state index contributed by atoms with van der Waals surface area (Å²) in [6.45, 7) is 1.20. The molecule has 0 bridgehead atoms. The summed E-state index contributed by atoms with van der Waals surface area (Å²) in [4.78, 5) is 1.34. The van der Waals surface area contributed by atoms with Gasteiger partial charge in [-0.2, -0.15) is 0 Å². The molecular weight excluding hydrogens is 349 g/mol. The number of halogens is 7. The molecule has 0 spiro atoms. The molecule has 0 aromatic heterocycles. The Hall–Kier alpha value is 0.0500. The fourth-order valence-electron chi connectivity index (χ4n) is 1.59. The predicted molar refractivity (Wildman–Crippen MR) is 57.7 cm³/mol. The second kappa shape index (κ2) is 4.38. The first-order chi connectivity index (χ1) is 7.03. The Bertz CT molecular complexity index is 289. The van der Waals surface area contributed by atoms with Gasteiger partial charge < -0.3 is 0 Å². The van der Waals surface area contributed by atoms with Crippen LogP contribution in [0.25, 0.3) is 0 Å². The average molecular weight is 360 g/mol. The molecule has 2 atom stereocenters. The van der Waals surface area contributed by atoms with E-state index in [2.05, 4.69) is 0 Å². The molecule has 1 aliphatic rings. The Balaban J connectivity index is 2.98. The van der Waals surface area contributed by atoms with Gasteiger partial charge in [0.05, 0.1) is 0 Å². The second-order valence-electron chi connectivity index (χ2n) is 3.76. The molecule has 7 heteroatoms. The van der Waals surface area contributed by atoms with Crippen molar-refractivity contribution in [1.82, 2.24) is 0 Å². The third-order valence-corrected chi connectivity index (χ3v) is 7.71. The van der Waals surface area contributed by atoms with Crippen LogP contribution >= 0.6 is 19.8 Å². The fraction of sp³-hybridized carbons (Fsp3) is 0.778. The zero-order valence-corrected chi connectivity index (χ0v) is 10.7. The number of allylic oxidation sites excluding steroid dienone is 2. The summed E-state index contributed by atoms with van der Waals surface area (Å²) >= 11 is -2.70. The van der Waals surface area contributed by atoms with Gasteiger partial charge in [0.2, 0.25) is 0 Å². The van der Waals surface area contributed by atoms with Gasteiger partial charge in [-0.1, -0.05) is 0 Å². The topological polar surface area (TPSA) is 0 Å². The maximum atomic E-state index is 12.5. The fourth-order valence-corrected chi connectivity index (χ4v) is 7.01. The predicted octanol–water partition coefficient (Wildman–Crippen LogP) is 4.40. The van der Waals surface area contributed by atoms with E-state index in [-0.39, 0.29) is 4.43 Å². The molecule has 2 unspecified atom stereocenters. The normalized spacial score (nSPS) is 30.2. The van der Waals surface area contributed by atoms with Crippen molar-refractivity contribution in [2.24, 2.45) is 11.8 Å². The van der Waals surface area contributed by atoms with E-state index in [1.165, 1.54) is 11.9 Å². The van der Waals surface area contributed by atoms with Crippen molar-refractivity contribution in [2.45, 2.75) is 19.3 Å². The number of hydrogen-bond acceptors (Lipinski definition) is 0. The van der Waals surface area contributed by atoms with E-state index in [1.54, 1.807) is 0 Å². The molecule has 0 aromatic carbocycles. The standard InChI is InChI=1S/C9H11F6I/c1-5-3-7(9(13,14)15)16(2)4-6(5)8(10,11)12/h3,5-6H,4H2,1-2H3. The van der Waals surface area contributed by atoms with Crippen LogP contribution in [0.3, 0.4) is 0 Å². The monoisotopic (exact) mass is 360 g/mol. The van der Waals surface area contributed by atoms with E-state index in [1.807, 2.05) is 0 Å². The van der Waals surface area contributed by atoms with Crippen molar-refractivity contribution < 1.29 is 26.3 Å². The van der Waals surface area contributed by atoms with E-state index in [9.17, 15) is 26.3 Å². The molecule has 0 nitrogen and oxygen atoms in total. The number of alkyl halides is 8. The van der Waals surface area contributed by atoms with Crippen LogP contribution in [0, 0.1) is 11.8 Å². The molecule has 0 radical (unpaired) electrons. The molecule has 0 N–H and O–H groups in total. The zero-order valence-electron chi connectivity index (χ0n) is 8.58. The molecule has 0 aliphatic carbocycles. The minimum absolute atomic E-state index is 0.333. The molecule has 0 fully saturated rings. The van der Waals surface area contributed by atoms with Gasteiger partial charge in [0.15, 0.2) is 0 Å². The van der Waals surface area contributed by atoms with Gasteiger partial charge in [-0.15, -0.1) is 0 Å². The zero-order chi connectivity index (χ0) is 12.7. The van der Waals surface area contributed by atoms with Crippen molar-refractivity contribution in [2.75, 3.05) is 9.36 Å².